The van der Waals surface area contributed by atoms with Crippen LogP contribution in [0.2, 0.25) is 0 Å². The Morgan fingerprint density at radius 1 is 1.20 bits per heavy atom. The van der Waals surface area contributed by atoms with Gasteiger partial charge in [0.25, 0.3) is 0 Å². The van der Waals surface area contributed by atoms with Crippen LogP contribution in [0.25, 0.3) is 0 Å². The summed E-state index contributed by atoms with van der Waals surface area (Å²) in [5, 5.41) is 6.34. The topological polar surface area (TPSA) is 73.6 Å². The first kappa shape index (κ1) is 18.4. The molecule has 0 atom stereocenters. The van der Waals surface area contributed by atoms with Crippen molar-refractivity contribution in [3.05, 3.63) is 59.7 Å². The molecule has 25 heavy (non-hydrogen) atoms. The lowest BCUT2D eigenvalue weighted by Crippen LogP contribution is -2.82. The Morgan fingerprint density at radius 3 is 2.64 bits per heavy atom. The summed E-state index contributed by atoms with van der Waals surface area (Å²) < 4.78 is 10.7. The zero-order valence-corrected chi connectivity index (χ0v) is 14.9. The van der Waals surface area contributed by atoms with E-state index in [1.54, 1.807) is 48.7 Å². The minimum absolute atomic E-state index is 0.352. The number of rotatable bonds is 6. The zero-order chi connectivity index (χ0) is 18.1. The summed E-state index contributed by atoms with van der Waals surface area (Å²) in [5.74, 6) is 0.366. The molecule has 0 radical (unpaired) electrons. The zero-order valence-electron chi connectivity index (χ0n) is 14.0. The maximum absolute atomic E-state index is 12.1. The minimum Gasteiger partial charge on any atom is -0.493 e. The third kappa shape index (κ3) is 5.58. The van der Waals surface area contributed by atoms with Crippen molar-refractivity contribution in [2.24, 2.45) is 0 Å². The second kappa shape index (κ2) is 9.39. The van der Waals surface area contributed by atoms with E-state index in [4.69, 9.17) is 21.7 Å². The van der Waals surface area contributed by atoms with Crippen molar-refractivity contribution in [3.8, 4) is 11.5 Å². The van der Waals surface area contributed by atoms with Gasteiger partial charge in [-0.25, -0.2) is 4.79 Å². The fourth-order valence-corrected chi connectivity index (χ4v) is 2.18. The maximum Gasteiger partial charge on any atom is 0.343 e. The number of benzene rings is 2. The molecule has 0 aliphatic rings. The van der Waals surface area contributed by atoms with Crippen molar-refractivity contribution in [2.75, 3.05) is 13.7 Å². The number of hydrazine groups is 1. The Balaban J connectivity index is 2.07. The second-order valence-corrected chi connectivity index (χ2v) is 5.35. The van der Waals surface area contributed by atoms with Gasteiger partial charge in [-0.1, -0.05) is 18.2 Å². The fourth-order valence-electron chi connectivity index (χ4n) is 1.98. The largest absolute Gasteiger partial charge is 0.493 e. The average Bonchev–Trinajstić information content (AvgIpc) is 2.63. The number of methoxy groups -OCH3 is 1. The van der Waals surface area contributed by atoms with Crippen molar-refractivity contribution >= 4 is 29.5 Å². The molecule has 3 N–H and O–H groups in total. The Bertz CT molecular complexity index is 763. The summed E-state index contributed by atoms with van der Waals surface area (Å²) >= 11 is 5.04. The summed E-state index contributed by atoms with van der Waals surface area (Å²) in [7, 11) is 1.52. The predicted octanol–water partition coefficient (Wildman–Crippen LogP) is 0.813. The fraction of sp³-hybridized carbons (Fsp3) is 0.167. The van der Waals surface area contributed by atoms with E-state index in [1.807, 2.05) is 13.0 Å². The molecule has 0 saturated heterocycles. The molecule has 2 rings (SSSR count). The van der Waals surface area contributed by atoms with E-state index >= 15 is 0 Å². The first-order valence-electron chi connectivity index (χ1n) is 7.72. The van der Waals surface area contributed by atoms with Crippen LogP contribution in [-0.4, -0.2) is 31.0 Å². The third-order valence-corrected chi connectivity index (χ3v) is 3.41. The van der Waals surface area contributed by atoms with Crippen molar-refractivity contribution in [3.63, 3.8) is 0 Å². The van der Waals surface area contributed by atoms with Gasteiger partial charge in [0, 0.05) is 12.1 Å². The van der Waals surface area contributed by atoms with Crippen LogP contribution in [0, 0.1) is 0 Å². The summed E-state index contributed by atoms with van der Waals surface area (Å²) in [6.07, 6.45) is 1.72. The summed E-state index contributed by atoms with van der Waals surface area (Å²) in [5.41, 5.74) is 4.12. The van der Waals surface area contributed by atoms with Crippen LogP contribution < -0.4 is 25.3 Å². The SMILES string of the molecule is CCNC(=S)N[NH+]=Cc1ccc(OC(=O)c2ccccc2)c(OC)c1. The van der Waals surface area contributed by atoms with Gasteiger partial charge < -0.3 is 14.8 Å². The number of nitrogens with one attached hydrogen (secondary N) is 3. The molecule has 2 aromatic rings. The Labute approximate surface area is 151 Å². The molecule has 0 spiro atoms. The van der Waals surface area contributed by atoms with E-state index in [0.717, 1.165) is 12.1 Å². The van der Waals surface area contributed by atoms with Crippen molar-refractivity contribution in [2.45, 2.75) is 6.92 Å². The Hall–Kier alpha value is -2.93. The highest BCUT2D eigenvalue weighted by Gasteiger charge is 2.12. The van der Waals surface area contributed by atoms with E-state index in [1.165, 1.54) is 7.11 Å². The van der Waals surface area contributed by atoms with Gasteiger partial charge in [-0.15, -0.1) is 10.5 Å². The molecular formula is C18H20N3O3S+. The molecule has 0 heterocycles. The molecule has 0 saturated carbocycles. The lowest BCUT2D eigenvalue weighted by Gasteiger charge is -2.09. The normalized spacial score (nSPS) is 10.3. The number of esters is 1. The van der Waals surface area contributed by atoms with Gasteiger partial charge in [0.15, 0.2) is 17.7 Å². The van der Waals surface area contributed by atoms with Crippen molar-refractivity contribution < 1.29 is 19.4 Å². The highest BCUT2D eigenvalue weighted by Crippen LogP contribution is 2.28. The summed E-state index contributed by atoms with van der Waals surface area (Å²) in [4.78, 5) is 12.1. The van der Waals surface area contributed by atoms with Crippen LogP contribution in [0.15, 0.2) is 48.5 Å². The van der Waals surface area contributed by atoms with E-state index in [9.17, 15) is 4.79 Å². The minimum atomic E-state index is -0.439. The number of hydrazone groups is 1. The van der Waals surface area contributed by atoms with Crippen LogP contribution >= 0.6 is 12.2 Å². The molecule has 0 amide bonds. The molecule has 0 fully saturated rings. The second-order valence-electron chi connectivity index (χ2n) is 4.94. The van der Waals surface area contributed by atoms with Gasteiger partial charge in [0.2, 0.25) is 5.11 Å². The summed E-state index contributed by atoms with van der Waals surface area (Å²) in [6.45, 7) is 2.70. The van der Waals surface area contributed by atoms with E-state index in [0.29, 0.717) is 22.2 Å². The van der Waals surface area contributed by atoms with Gasteiger partial charge in [-0.3, -0.25) is 0 Å². The highest BCUT2D eigenvalue weighted by molar-refractivity contribution is 7.80. The predicted molar refractivity (Wildman–Crippen MR) is 99.9 cm³/mol. The molecule has 7 heteroatoms. The quantitative estimate of drug-likeness (QED) is 0.233. The standard InChI is InChI=1S/C18H19N3O3S/c1-3-19-18(25)21-20-12-13-9-10-15(16(11-13)23-2)24-17(22)14-7-5-4-6-8-14/h4-12H,3H2,1-2H3,(H2,19,21,25)/p+1. The highest BCUT2D eigenvalue weighted by atomic mass is 32.1. The number of carbonyl (C=O) groups excluding carboxylic acids is 1. The van der Waals surface area contributed by atoms with Crippen LogP contribution in [0.3, 0.4) is 0 Å². The summed E-state index contributed by atoms with van der Waals surface area (Å²) in [6, 6.07) is 14.0. The van der Waals surface area contributed by atoms with Crippen molar-refractivity contribution in [1.82, 2.24) is 10.7 Å². The van der Waals surface area contributed by atoms with E-state index < -0.39 is 5.97 Å². The van der Waals surface area contributed by atoms with Crippen LogP contribution in [-0.2, 0) is 0 Å². The molecule has 0 aromatic heterocycles. The molecular weight excluding hydrogens is 338 g/mol. The van der Waals surface area contributed by atoms with Crippen molar-refractivity contribution in [1.29, 1.82) is 0 Å². The van der Waals surface area contributed by atoms with Crippen LogP contribution in [0.1, 0.15) is 22.8 Å². The van der Waals surface area contributed by atoms with Crippen LogP contribution in [0.5, 0.6) is 11.5 Å². The first-order valence-corrected chi connectivity index (χ1v) is 8.12. The molecule has 0 unspecified atom stereocenters. The number of carbonyl (C=O) groups is 1. The molecule has 130 valence electrons. The molecule has 6 nitrogen and oxygen atoms in total. The Kier molecular flexibility index (Phi) is 6.91. The first-order chi connectivity index (χ1) is 12.1. The maximum atomic E-state index is 12.1. The molecule has 0 aliphatic heterocycles. The van der Waals surface area contributed by atoms with Gasteiger partial charge in [-0.2, -0.15) is 0 Å². The van der Waals surface area contributed by atoms with Gasteiger partial charge in [-0.05, 0) is 49.5 Å². The number of hydrogen-bond donors (Lipinski definition) is 3. The molecule has 2 aromatic carbocycles. The monoisotopic (exact) mass is 358 g/mol. The Morgan fingerprint density at radius 2 is 1.96 bits per heavy atom. The van der Waals surface area contributed by atoms with E-state index in [-0.39, 0.29) is 0 Å². The lowest BCUT2D eigenvalue weighted by atomic mass is 10.2. The average molecular weight is 358 g/mol. The number of thiocarbonyl (C=S) groups is 1. The van der Waals surface area contributed by atoms with Gasteiger partial charge in [0.05, 0.1) is 12.7 Å². The van der Waals surface area contributed by atoms with Gasteiger partial charge >= 0.3 is 5.97 Å². The smallest absolute Gasteiger partial charge is 0.343 e. The molecule has 0 bridgehead atoms. The molecule has 0 aliphatic carbocycles. The number of ether oxygens (including phenoxy) is 2. The van der Waals surface area contributed by atoms with E-state index in [2.05, 4.69) is 15.8 Å². The third-order valence-electron chi connectivity index (χ3n) is 3.16. The van der Waals surface area contributed by atoms with Crippen LogP contribution in [0.4, 0.5) is 0 Å². The van der Waals surface area contributed by atoms with Gasteiger partial charge in [0.1, 0.15) is 0 Å². The number of hydrogen-bond acceptors (Lipinski definition) is 4. The lowest BCUT2D eigenvalue weighted by molar-refractivity contribution is -0.500.